The molecule has 2 N–H and O–H groups in total. The molecule has 0 aliphatic carbocycles. The molecule has 5 nitrogen and oxygen atoms in total. The fourth-order valence-corrected chi connectivity index (χ4v) is 1.50. The maximum absolute atomic E-state index is 13.0. The van der Waals surface area contributed by atoms with Gasteiger partial charge in [0.1, 0.15) is 0 Å². The molecule has 0 aliphatic rings. The highest BCUT2D eigenvalue weighted by molar-refractivity contribution is 5.94. The van der Waals surface area contributed by atoms with Gasteiger partial charge in [-0.1, -0.05) is 0 Å². The molecule has 1 aromatic carbocycles. The van der Waals surface area contributed by atoms with Crippen LogP contribution in [0.5, 0.6) is 0 Å². The molecule has 0 fully saturated rings. The average molecular weight is 279 g/mol. The van der Waals surface area contributed by atoms with Crippen LogP contribution in [0, 0.1) is 11.6 Å². The molecular formula is C13H11F2N3O2. The largest absolute Gasteiger partial charge is 0.318 e. The van der Waals surface area contributed by atoms with Crippen molar-refractivity contribution in [3.8, 4) is 0 Å². The number of halogens is 2. The summed E-state index contributed by atoms with van der Waals surface area (Å²) in [6.07, 6.45) is 1.37. The van der Waals surface area contributed by atoms with Crippen LogP contribution in [-0.4, -0.2) is 10.5 Å². The smallest absolute Gasteiger partial charge is 0.271 e. The highest BCUT2D eigenvalue weighted by Crippen LogP contribution is 2.12. The SMILES string of the molecule is Cn1cc(C(=O)NNc2ccc(F)c(F)c2)ccc1=O. The number of anilines is 1. The van der Waals surface area contributed by atoms with Crippen LogP contribution in [0.3, 0.4) is 0 Å². The number of amides is 1. The molecule has 0 unspecified atom stereocenters. The van der Waals surface area contributed by atoms with Crippen molar-refractivity contribution in [2.75, 3.05) is 5.43 Å². The number of benzene rings is 1. The normalized spacial score (nSPS) is 10.2. The van der Waals surface area contributed by atoms with E-state index in [-0.39, 0.29) is 16.8 Å². The lowest BCUT2D eigenvalue weighted by Gasteiger charge is -2.09. The van der Waals surface area contributed by atoms with Crippen molar-refractivity contribution in [1.29, 1.82) is 0 Å². The van der Waals surface area contributed by atoms with Crippen molar-refractivity contribution >= 4 is 11.6 Å². The molecule has 1 aromatic heterocycles. The van der Waals surface area contributed by atoms with Gasteiger partial charge in [-0.3, -0.25) is 20.4 Å². The van der Waals surface area contributed by atoms with Crippen LogP contribution in [0.2, 0.25) is 0 Å². The van der Waals surface area contributed by atoms with E-state index in [1.165, 1.54) is 36.0 Å². The number of hydrogen-bond acceptors (Lipinski definition) is 3. The van der Waals surface area contributed by atoms with E-state index in [4.69, 9.17) is 0 Å². The number of pyridine rings is 1. The van der Waals surface area contributed by atoms with Crippen LogP contribution >= 0.6 is 0 Å². The lowest BCUT2D eigenvalue weighted by molar-refractivity contribution is 0.0962. The first-order chi connectivity index (χ1) is 9.47. The molecule has 2 aromatic rings. The van der Waals surface area contributed by atoms with Gasteiger partial charge in [0.25, 0.3) is 5.91 Å². The van der Waals surface area contributed by atoms with Gasteiger partial charge in [-0.05, 0) is 18.2 Å². The summed E-state index contributed by atoms with van der Waals surface area (Å²) in [7, 11) is 1.52. The Morgan fingerprint density at radius 3 is 2.55 bits per heavy atom. The molecule has 1 heterocycles. The van der Waals surface area contributed by atoms with Gasteiger partial charge in [-0.15, -0.1) is 0 Å². The van der Waals surface area contributed by atoms with E-state index in [2.05, 4.69) is 10.9 Å². The van der Waals surface area contributed by atoms with Gasteiger partial charge in [-0.2, -0.15) is 0 Å². The number of hydrazine groups is 1. The molecule has 0 spiro atoms. The van der Waals surface area contributed by atoms with Gasteiger partial charge >= 0.3 is 0 Å². The number of carbonyl (C=O) groups excluding carboxylic acids is 1. The Hall–Kier alpha value is -2.70. The number of nitrogens with one attached hydrogen (secondary N) is 2. The molecule has 0 aliphatic heterocycles. The van der Waals surface area contributed by atoms with E-state index >= 15 is 0 Å². The summed E-state index contributed by atoms with van der Waals surface area (Å²) in [5.41, 5.74) is 4.97. The molecule has 104 valence electrons. The Morgan fingerprint density at radius 2 is 1.90 bits per heavy atom. The summed E-state index contributed by atoms with van der Waals surface area (Å²) in [6, 6.07) is 5.75. The molecule has 1 amide bonds. The Morgan fingerprint density at radius 1 is 1.15 bits per heavy atom. The van der Waals surface area contributed by atoms with Crippen LogP contribution in [0.25, 0.3) is 0 Å². The zero-order valence-corrected chi connectivity index (χ0v) is 10.5. The third-order valence-electron chi connectivity index (χ3n) is 2.59. The maximum Gasteiger partial charge on any atom is 0.271 e. The monoisotopic (exact) mass is 279 g/mol. The Bertz CT molecular complexity index is 713. The number of carbonyl (C=O) groups is 1. The standard InChI is InChI=1S/C13H11F2N3O2/c1-18-7-8(2-5-12(18)19)13(20)17-16-9-3-4-10(14)11(15)6-9/h2-7,16H,1H3,(H,17,20). The Kier molecular flexibility index (Phi) is 3.79. The minimum absolute atomic E-state index is 0.196. The first kappa shape index (κ1) is 13.7. The molecule has 0 saturated heterocycles. The minimum atomic E-state index is -1.02. The number of nitrogens with zero attached hydrogens (tertiary/aromatic N) is 1. The van der Waals surface area contributed by atoms with E-state index in [0.717, 1.165) is 12.1 Å². The topological polar surface area (TPSA) is 63.1 Å². The number of aryl methyl sites for hydroxylation is 1. The second-order valence-corrected chi connectivity index (χ2v) is 4.07. The van der Waals surface area contributed by atoms with Crippen LogP contribution < -0.4 is 16.4 Å². The van der Waals surface area contributed by atoms with Crippen molar-refractivity contribution in [1.82, 2.24) is 9.99 Å². The van der Waals surface area contributed by atoms with E-state index in [0.29, 0.717) is 0 Å². The summed E-state index contributed by atoms with van der Waals surface area (Å²) >= 11 is 0. The lowest BCUT2D eigenvalue weighted by atomic mass is 10.2. The highest BCUT2D eigenvalue weighted by atomic mass is 19.2. The van der Waals surface area contributed by atoms with Crippen LogP contribution in [0.1, 0.15) is 10.4 Å². The van der Waals surface area contributed by atoms with Gasteiger partial charge < -0.3 is 4.57 Å². The summed E-state index contributed by atoms with van der Waals surface area (Å²) in [6.45, 7) is 0. The fraction of sp³-hybridized carbons (Fsp3) is 0.0769. The molecule has 20 heavy (non-hydrogen) atoms. The fourth-order valence-electron chi connectivity index (χ4n) is 1.50. The maximum atomic E-state index is 13.0. The van der Waals surface area contributed by atoms with E-state index in [1.807, 2.05) is 0 Å². The third-order valence-corrected chi connectivity index (χ3v) is 2.59. The van der Waals surface area contributed by atoms with Crippen LogP contribution in [-0.2, 0) is 7.05 Å². The zero-order valence-electron chi connectivity index (χ0n) is 10.5. The number of aromatic nitrogens is 1. The summed E-state index contributed by atoms with van der Waals surface area (Å²) in [5, 5.41) is 0. The lowest BCUT2D eigenvalue weighted by Crippen LogP contribution is -2.30. The Labute approximate surface area is 112 Å². The van der Waals surface area contributed by atoms with Crippen molar-refractivity contribution in [3.63, 3.8) is 0 Å². The zero-order chi connectivity index (χ0) is 14.7. The molecular weight excluding hydrogens is 268 g/mol. The third kappa shape index (κ3) is 3.00. The minimum Gasteiger partial charge on any atom is -0.318 e. The van der Waals surface area contributed by atoms with Crippen molar-refractivity contribution in [2.24, 2.45) is 7.05 Å². The molecule has 2 rings (SSSR count). The number of rotatable bonds is 3. The van der Waals surface area contributed by atoms with Gasteiger partial charge in [0.05, 0.1) is 11.3 Å². The van der Waals surface area contributed by atoms with Crippen molar-refractivity contribution in [2.45, 2.75) is 0 Å². The predicted molar refractivity (Wildman–Crippen MR) is 69.1 cm³/mol. The second-order valence-electron chi connectivity index (χ2n) is 4.07. The van der Waals surface area contributed by atoms with Crippen LogP contribution in [0.15, 0.2) is 41.3 Å². The van der Waals surface area contributed by atoms with E-state index in [1.54, 1.807) is 0 Å². The molecule has 7 heteroatoms. The molecule has 0 bridgehead atoms. The molecule has 0 radical (unpaired) electrons. The summed E-state index contributed by atoms with van der Waals surface area (Å²) < 4.78 is 26.9. The first-order valence-corrected chi connectivity index (χ1v) is 5.65. The molecule has 0 atom stereocenters. The highest BCUT2D eigenvalue weighted by Gasteiger charge is 2.07. The second kappa shape index (κ2) is 5.52. The average Bonchev–Trinajstić information content (AvgIpc) is 2.43. The van der Waals surface area contributed by atoms with Gasteiger partial charge in [0, 0.05) is 25.4 Å². The summed E-state index contributed by atoms with van der Waals surface area (Å²) in [5.74, 6) is -2.50. The summed E-state index contributed by atoms with van der Waals surface area (Å²) in [4.78, 5) is 23.0. The van der Waals surface area contributed by atoms with Gasteiger partial charge in [0.15, 0.2) is 11.6 Å². The van der Waals surface area contributed by atoms with Gasteiger partial charge in [-0.25, -0.2) is 8.78 Å². The predicted octanol–water partition coefficient (Wildman–Crippen LogP) is 1.42. The quantitative estimate of drug-likeness (QED) is 0.835. The van der Waals surface area contributed by atoms with E-state index in [9.17, 15) is 18.4 Å². The Balaban J connectivity index is 2.06. The first-order valence-electron chi connectivity index (χ1n) is 5.65. The van der Waals surface area contributed by atoms with Crippen molar-refractivity contribution in [3.05, 3.63) is 64.1 Å². The van der Waals surface area contributed by atoms with E-state index < -0.39 is 17.5 Å². The van der Waals surface area contributed by atoms with Gasteiger partial charge in [0.2, 0.25) is 5.56 Å². The molecule has 0 saturated carbocycles. The number of hydrogen-bond donors (Lipinski definition) is 2. The van der Waals surface area contributed by atoms with Crippen molar-refractivity contribution < 1.29 is 13.6 Å². The van der Waals surface area contributed by atoms with Crippen LogP contribution in [0.4, 0.5) is 14.5 Å².